The Kier molecular flexibility index (Phi) is 4.53. The van der Waals surface area contributed by atoms with Crippen LogP contribution in [0.2, 0.25) is 0 Å². The van der Waals surface area contributed by atoms with Gasteiger partial charge in [0.2, 0.25) is 0 Å². The van der Waals surface area contributed by atoms with Gasteiger partial charge in [-0.3, -0.25) is 4.99 Å². The van der Waals surface area contributed by atoms with E-state index in [1.54, 1.807) is 7.05 Å². The summed E-state index contributed by atoms with van der Waals surface area (Å²) in [6.45, 7) is 5.27. The molecule has 1 aliphatic rings. The molecule has 1 heterocycles. The van der Waals surface area contributed by atoms with E-state index in [4.69, 9.17) is 0 Å². The van der Waals surface area contributed by atoms with Crippen LogP contribution in [-0.4, -0.2) is 50.8 Å². The molecule has 4 nitrogen and oxygen atoms in total. The molecule has 0 unspecified atom stereocenters. The number of allylic oxidation sites excluding steroid dienone is 1. The Labute approximate surface area is 98.0 Å². The quantitative estimate of drug-likeness (QED) is 0.540. The first-order valence-electron chi connectivity index (χ1n) is 5.58. The highest BCUT2D eigenvalue weighted by Crippen LogP contribution is 2.08. The van der Waals surface area contributed by atoms with Gasteiger partial charge in [-0.2, -0.15) is 0 Å². The Bertz CT molecular complexity index is 382. The average molecular weight is 244 g/mol. The maximum atomic E-state index is 11.3. The van der Waals surface area contributed by atoms with E-state index in [-0.39, 0.29) is 11.5 Å². The zero-order valence-electron chi connectivity index (χ0n) is 10.2. The van der Waals surface area contributed by atoms with E-state index in [2.05, 4.69) is 18.8 Å². The van der Waals surface area contributed by atoms with E-state index in [1.165, 1.54) is 5.57 Å². The lowest BCUT2D eigenvalue weighted by Crippen LogP contribution is -2.43. The molecule has 0 aromatic rings. The molecule has 1 saturated heterocycles. The van der Waals surface area contributed by atoms with Crippen molar-refractivity contribution in [2.45, 2.75) is 20.3 Å². The fourth-order valence-electron chi connectivity index (χ4n) is 1.56. The van der Waals surface area contributed by atoms with Crippen molar-refractivity contribution in [3.05, 3.63) is 11.6 Å². The monoisotopic (exact) mass is 244 g/mol. The van der Waals surface area contributed by atoms with Gasteiger partial charge in [-0.1, -0.05) is 12.5 Å². The maximum absolute atomic E-state index is 11.3. The predicted octanol–water partition coefficient (Wildman–Crippen LogP) is 1.10. The minimum Gasteiger partial charge on any atom is -0.355 e. The third-order valence-corrected chi connectivity index (χ3v) is 4.44. The summed E-state index contributed by atoms with van der Waals surface area (Å²) >= 11 is 0. The lowest BCUT2D eigenvalue weighted by molar-refractivity contribution is 0.444. The molecule has 0 aliphatic carbocycles. The molecule has 1 aliphatic heterocycles. The Morgan fingerprint density at radius 1 is 1.38 bits per heavy atom. The van der Waals surface area contributed by atoms with Crippen molar-refractivity contribution >= 4 is 15.7 Å². The number of hydrogen-bond acceptors (Lipinski definition) is 3. The van der Waals surface area contributed by atoms with Gasteiger partial charge in [0.05, 0.1) is 11.5 Å². The highest BCUT2D eigenvalue weighted by Gasteiger charge is 2.22. The van der Waals surface area contributed by atoms with E-state index in [0.29, 0.717) is 13.1 Å². The van der Waals surface area contributed by atoms with Crippen LogP contribution in [0.5, 0.6) is 0 Å². The minimum absolute atomic E-state index is 0.241. The summed E-state index contributed by atoms with van der Waals surface area (Å²) in [5, 5.41) is 0. The average Bonchev–Trinajstić information content (AvgIpc) is 2.26. The first-order chi connectivity index (χ1) is 7.48. The van der Waals surface area contributed by atoms with Crippen molar-refractivity contribution in [3.63, 3.8) is 0 Å². The summed E-state index contributed by atoms with van der Waals surface area (Å²) in [5.41, 5.74) is 1.26. The molecule has 0 N–H and O–H groups in total. The SMILES string of the molecule is CCC(C)=CC(=NC)N1CCS(=O)(=O)CC1. The Morgan fingerprint density at radius 3 is 2.38 bits per heavy atom. The minimum atomic E-state index is -2.81. The predicted molar refractivity (Wildman–Crippen MR) is 67.6 cm³/mol. The number of aliphatic imine (C=N–C) groups is 1. The van der Waals surface area contributed by atoms with E-state index in [9.17, 15) is 8.42 Å². The van der Waals surface area contributed by atoms with Crippen LogP contribution in [0.3, 0.4) is 0 Å². The van der Waals surface area contributed by atoms with Crippen molar-refractivity contribution < 1.29 is 8.42 Å². The second kappa shape index (κ2) is 5.48. The first kappa shape index (κ1) is 13.2. The zero-order chi connectivity index (χ0) is 12.2. The fraction of sp³-hybridized carbons (Fsp3) is 0.727. The van der Waals surface area contributed by atoms with Crippen molar-refractivity contribution in [2.75, 3.05) is 31.6 Å². The summed E-state index contributed by atoms with van der Waals surface area (Å²) in [6.07, 6.45) is 3.03. The summed E-state index contributed by atoms with van der Waals surface area (Å²) in [7, 11) is -1.06. The van der Waals surface area contributed by atoms with Gasteiger partial charge in [0.15, 0.2) is 9.84 Å². The van der Waals surface area contributed by atoms with Crippen molar-refractivity contribution in [2.24, 2.45) is 4.99 Å². The largest absolute Gasteiger partial charge is 0.355 e. The standard InChI is InChI=1S/C11H20N2O2S/c1-4-10(2)9-11(12-3)13-5-7-16(14,15)8-6-13/h9H,4-8H2,1-3H3. The van der Waals surface area contributed by atoms with E-state index < -0.39 is 9.84 Å². The van der Waals surface area contributed by atoms with Gasteiger partial charge in [-0.05, 0) is 19.4 Å². The number of amidine groups is 1. The highest BCUT2D eigenvalue weighted by atomic mass is 32.2. The lowest BCUT2D eigenvalue weighted by Gasteiger charge is -2.28. The highest BCUT2D eigenvalue weighted by molar-refractivity contribution is 7.91. The second-order valence-electron chi connectivity index (χ2n) is 4.06. The number of sulfone groups is 1. The molecule has 0 amide bonds. The Balaban J connectivity index is 2.71. The molecule has 0 atom stereocenters. The first-order valence-corrected chi connectivity index (χ1v) is 7.40. The molecule has 0 aromatic carbocycles. The van der Waals surface area contributed by atoms with Gasteiger partial charge in [0.1, 0.15) is 5.84 Å². The smallest absolute Gasteiger partial charge is 0.153 e. The maximum Gasteiger partial charge on any atom is 0.153 e. The summed E-state index contributed by atoms with van der Waals surface area (Å²) < 4.78 is 22.6. The van der Waals surface area contributed by atoms with Crippen LogP contribution in [-0.2, 0) is 9.84 Å². The molecular formula is C11H20N2O2S. The van der Waals surface area contributed by atoms with Gasteiger partial charge in [0, 0.05) is 20.1 Å². The molecule has 1 rings (SSSR count). The molecule has 16 heavy (non-hydrogen) atoms. The van der Waals surface area contributed by atoms with E-state index in [0.717, 1.165) is 12.3 Å². The second-order valence-corrected chi connectivity index (χ2v) is 6.37. The van der Waals surface area contributed by atoms with Crippen molar-refractivity contribution in [1.82, 2.24) is 4.90 Å². The van der Waals surface area contributed by atoms with Crippen LogP contribution in [0.25, 0.3) is 0 Å². The zero-order valence-corrected chi connectivity index (χ0v) is 11.0. The molecule has 0 spiro atoms. The molecule has 0 radical (unpaired) electrons. The van der Waals surface area contributed by atoms with Gasteiger partial charge < -0.3 is 4.90 Å². The third-order valence-electron chi connectivity index (χ3n) is 2.83. The van der Waals surface area contributed by atoms with Crippen molar-refractivity contribution in [3.8, 4) is 0 Å². The normalized spacial score (nSPS) is 22.3. The van der Waals surface area contributed by atoms with Crippen LogP contribution in [0.4, 0.5) is 0 Å². The van der Waals surface area contributed by atoms with Gasteiger partial charge in [-0.25, -0.2) is 8.42 Å². The molecule has 0 saturated carbocycles. The van der Waals surface area contributed by atoms with Gasteiger partial charge in [0.25, 0.3) is 0 Å². The van der Waals surface area contributed by atoms with Crippen LogP contribution < -0.4 is 0 Å². The lowest BCUT2D eigenvalue weighted by atomic mass is 10.2. The van der Waals surface area contributed by atoms with Crippen LogP contribution in [0.1, 0.15) is 20.3 Å². The van der Waals surface area contributed by atoms with Gasteiger partial charge in [-0.15, -0.1) is 0 Å². The van der Waals surface area contributed by atoms with E-state index >= 15 is 0 Å². The van der Waals surface area contributed by atoms with Crippen LogP contribution >= 0.6 is 0 Å². The summed E-state index contributed by atoms with van der Waals surface area (Å²) in [6, 6.07) is 0. The van der Waals surface area contributed by atoms with Gasteiger partial charge >= 0.3 is 0 Å². The molecular weight excluding hydrogens is 224 g/mol. The van der Waals surface area contributed by atoms with E-state index in [1.807, 2.05) is 11.0 Å². The summed E-state index contributed by atoms with van der Waals surface area (Å²) in [5.74, 6) is 1.38. The molecule has 5 heteroatoms. The molecule has 92 valence electrons. The topological polar surface area (TPSA) is 49.7 Å². The molecule has 0 aromatic heterocycles. The number of hydrogen-bond donors (Lipinski definition) is 0. The number of nitrogens with zero attached hydrogens (tertiary/aromatic N) is 2. The molecule has 0 bridgehead atoms. The van der Waals surface area contributed by atoms with Crippen LogP contribution in [0, 0.1) is 0 Å². The summed E-state index contributed by atoms with van der Waals surface area (Å²) in [4.78, 5) is 6.26. The third kappa shape index (κ3) is 3.63. The Morgan fingerprint density at radius 2 is 1.94 bits per heavy atom. The number of rotatable bonds is 2. The molecule has 1 fully saturated rings. The Hall–Kier alpha value is -0.840. The van der Waals surface area contributed by atoms with Crippen LogP contribution in [0.15, 0.2) is 16.6 Å². The fourth-order valence-corrected chi connectivity index (χ4v) is 2.76. The van der Waals surface area contributed by atoms with Crippen molar-refractivity contribution in [1.29, 1.82) is 0 Å².